The van der Waals surface area contributed by atoms with Gasteiger partial charge < -0.3 is 10.5 Å². The van der Waals surface area contributed by atoms with Gasteiger partial charge >= 0.3 is 6.61 Å². The van der Waals surface area contributed by atoms with Crippen molar-refractivity contribution in [2.45, 2.75) is 25.6 Å². The maximum atomic E-state index is 14.0. The molecule has 160 valence electrons. The number of benzene rings is 1. The standard InChI is InChI=1S/C21H19F3N6O/c22-15-7-13-2-3-16(26-17(13)8-18(15)31-21(23)24)20-28-27-19-4-1-12(10-30(19)20)9-29-6-5-14(25)11-29/h1-4,7-8,10,14,21H,5-6,9,11,25H2. The Balaban J connectivity index is 1.51. The summed E-state index contributed by atoms with van der Waals surface area (Å²) in [6, 6.07) is 9.71. The predicted molar refractivity (Wildman–Crippen MR) is 108 cm³/mol. The number of halogens is 3. The zero-order chi connectivity index (χ0) is 21.5. The molecule has 1 fully saturated rings. The maximum absolute atomic E-state index is 14.0. The molecule has 0 amide bonds. The molecule has 3 aromatic heterocycles. The SMILES string of the molecule is NC1CCN(Cc2ccc3nnc(-c4ccc5cc(F)c(OC(F)F)cc5n4)n3c2)C1. The van der Waals surface area contributed by atoms with Crippen LogP contribution in [0.2, 0.25) is 0 Å². The molecule has 2 N–H and O–H groups in total. The molecular formula is C21H19F3N6O. The van der Waals surface area contributed by atoms with E-state index in [-0.39, 0.29) is 6.04 Å². The molecule has 31 heavy (non-hydrogen) atoms. The van der Waals surface area contributed by atoms with Gasteiger partial charge in [0.25, 0.3) is 0 Å². The van der Waals surface area contributed by atoms with Crippen molar-refractivity contribution in [2.75, 3.05) is 13.1 Å². The second kappa shape index (κ2) is 7.78. The first-order chi connectivity index (χ1) is 15.0. The minimum atomic E-state index is -3.13. The van der Waals surface area contributed by atoms with Crippen molar-refractivity contribution in [3.8, 4) is 17.3 Å². The molecule has 0 spiro atoms. The highest BCUT2D eigenvalue weighted by atomic mass is 19.3. The number of likely N-dealkylation sites (tertiary alicyclic amines) is 1. The van der Waals surface area contributed by atoms with Crippen LogP contribution in [0.1, 0.15) is 12.0 Å². The molecule has 4 heterocycles. The number of hydrogen-bond donors (Lipinski definition) is 1. The minimum Gasteiger partial charge on any atom is -0.432 e. The van der Waals surface area contributed by atoms with Crippen LogP contribution >= 0.6 is 0 Å². The Bertz CT molecular complexity index is 1260. The van der Waals surface area contributed by atoms with Gasteiger partial charge in [-0.25, -0.2) is 9.37 Å². The summed E-state index contributed by atoms with van der Waals surface area (Å²) in [5.74, 6) is -0.927. The van der Waals surface area contributed by atoms with Crippen LogP contribution in [0.15, 0.2) is 42.6 Å². The summed E-state index contributed by atoms with van der Waals surface area (Å²) >= 11 is 0. The second-order valence-corrected chi connectivity index (χ2v) is 7.62. The Labute approximate surface area is 175 Å². The highest BCUT2D eigenvalue weighted by Gasteiger charge is 2.20. The molecule has 1 aliphatic heterocycles. The van der Waals surface area contributed by atoms with E-state index in [0.717, 1.165) is 43.8 Å². The van der Waals surface area contributed by atoms with Crippen molar-refractivity contribution in [1.29, 1.82) is 0 Å². The average Bonchev–Trinajstić information content (AvgIpc) is 3.33. The summed E-state index contributed by atoms with van der Waals surface area (Å²) in [5.41, 5.74) is 8.52. The molecule has 7 nitrogen and oxygen atoms in total. The van der Waals surface area contributed by atoms with E-state index in [4.69, 9.17) is 5.73 Å². The van der Waals surface area contributed by atoms with Crippen LogP contribution in [0.4, 0.5) is 13.2 Å². The first-order valence-corrected chi connectivity index (χ1v) is 9.83. The number of nitrogens with two attached hydrogens (primary N) is 1. The molecule has 4 aromatic rings. The Hall–Kier alpha value is -3.24. The van der Waals surface area contributed by atoms with Crippen molar-refractivity contribution in [3.63, 3.8) is 0 Å². The predicted octanol–water partition coefficient (Wildman–Crippen LogP) is 3.22. The minimum absolute atomic E-state index is 0.208. The Morgan fingerprint density at radius 3 is 2.81 bits per heavy atom. The van der Waals surface area contributed by atoms with Crippen LogP contribution in [0, 0.1) is 5.82 Å². The zero-order valence-electron chi connectivity index (χ0n) is 16.4. The van der Waals surface area contributed by atoms with Crippen molar-refractivity contribution < 1.29 is 17.9 Å². The van der Waals surface area contributed by atoms with E-state index in [1.807, 2.05) is 22.7 Å². The van der Waals surface area contributed by atoms with Crippen LogP contribution < -0.4 is 10.5 Å². The zero-order valence-corrected chi connectivity index (χ0v) is 16.4. The quantitative estimate of drug-likeness (QED) is 0.526. The average molecular weight is 428 g/mol. The van der Waals surface area contributed by atoms with E-state index >= 15 is 0 Å². The first kappa shape index (κ1) is 19.7. The molecule has 1 saturated heterocycles. The fourth-order valence-corrected chi connectivity index (χ4v) is 3.90. The second-order valence-electron chi connectivity index (χ2n) is 7.62. The van der Waals surface area contributed by atoms with Crippen LogP contribution in [-0.2, 0) is 6.54 Å². The van der Waals surface area contributed by atoms with Gasteiger partial charge in [0.2, 0.25) is 0 Å². The van der Waals surface area contributed by atoms with Crippen LogP contribution in [-0.4, -0.2) is 50.2 Å². The van der Waals surface area contributed by atoms with E-state index in [0.29, 0.717) is 28.1 Å². The number of rotatable bonds is 5. The molecule has 1 unspecified atom stereocenters. The fourth-order valence-electron chi connectivity index (χ4n) is 3.90. The summed E-state index contributed by atoms with van der Waals surface area (Å²) in [4.78, 5) is 6.77. The first-order valence-electron chi connectivity index (χ1n) is 9.83. The summed E-state index contributed by atoms with van der Waals surface area (Å²) in [5, 5.41) is 8.88. The molecule has 0 aliphatic carbocycles. The van der Waals surface area contributed by atoms with Gasteiger partial charge in [0.05, 0.1) is 5.52 Å². The van der Waals surface area contributed by atoms with E-state index in [9.17, 15) is 13.2 Å². The van der Waals surface area contributed by atoms with Crippen LogP contribution in [0.3, 0.4) is 0 Å². The van der Waals surface area contributed by atoms with E-state index in [1.54, 1.807) is 12.1 Å². The van der Waals surface area contributed by atoms with Crippen molar-refractivity contribution in [3.05, 3.63) is 54.0 Å². The monoisotopic (exact) mass is 428 g/mol. The smallest absolute Gasteiger partial charge is 0.387 e. The van der Waals surface area contributed by atoms with Crippen LogP contribution in [0.25, 0.3) is 28.1 Å². The highest BCUT2D eigenvalue weighted by molar-refractivity contribution is 5.82. The van der Waals surface area contributed by atoms with Crippen molar-refractivity contribution in [1.82, 2.24) is 24.5 Å². The molecular weight excluding hydrogens is 409 g/mol. The molecule has 1 aromatic carbocycles. The van der Waals surface area contributed by atoms with Gasteiger partial charge in [0, 0.05) is 43.3 Å². The lowest BCUT2D eigenvalue weighted by atomic mass is 10.2. The van der Waals surface area contributed by atoms with Gasteiger partial charge in [-0.15, -0.1) is 10.2 Å². The van der Waals surface area contributed by atoms with Crippen molar-refractivity contribution in [2.24, 2.45) is 5.73 Å². The number of aromatic nitrogens is 4. The van der Waals surface area contributed by atoms with Gasteiger partial charge in [-0.2, -0.15) is 8.78 Å². The Morgan fingerprint density at radius 1 is 1.16 bits per heavy atom. The molecule has 0 bridgehead atoms. The fraction of sp³-hybridized carbons (Fsp3) is 0.286. The molecule has 1 aliphatic rings. The van der Waals surface area contributed by atoms with E-state index in [1.165, 1.54) is 0 Å². The number of ether oxygens (including phenoxy) is 1. The van der Waals surface area contributed by atoms with Gasteiger partial charge in [-0.3, -0.25) is 9.30 Å². The summed E-state index contributed by atoms with van der Waals surface area (Å²) in [6.45, 7) is -0.543. The third kappa shape index (κ3) is 3.91. The number of hydrogen-bond acceptors (Lipinski definition) is 6. The van der Waals surface area contributed by atoms with Gasteiger partial charge in [-0.05, 0) is 30.2 Å². The normalized spacial score (nSPS) is 17.3. The highest BCUT2D eigenvalue weighted by Crippen LogP contribution is 2.27. The number of alkyl halides is 2. The van der Waals surface area contributed by atoms with E-state index < -0.39 is 18.2 Å². The third-order valence-electron chi connectivity index (χ3n) is 5.37. The third-order valence-corrected chi connectivity index (χ3v) is 5.37. The van der Waals surface area contributed by atoms with Crippen LogP contribution in [0.5, 0.6) is 5.75 Å². The number of nitrogens with zero attached hydrogens (tertiary/aromatic N) is 5. The lowest BCUT2D eigenvalue weighted by Crippen LogP contribution is -2.26. The lowest BCUT2D eigenvalue weighted by Gasteiger charge is -2.15. The molecule has 1 atom stereocenters. The summed E-state index contributed by atoms with van der Waals surface area (Å²) in [7, 11) is 0. The number of pyridine rings is 2. The number of fused-ring (bicyclic) bond motifs is 2. The maximum Gasteiger partial charge on any atom is 0.387 e. The Kier molecular flexibility index (Phi) is 4.95. The molecule has 0 saturated carbocycles. The largest absolute Gasteiger partial charge is 0.432 e. The topological polar surface area (TPSA) is 81.6 Å². The van der Waals surface area contributed by atoms with Gasteiger partial charge in [-0.1, -0.05) is 12.1 Å². The van der Waals surface area contributed by atoms with Crippen molar-refractivity contribution >= 4 is 16.6 Å². The molecule has 5 rings (SSSR count). The molecule has 10 heteroatoms. The summed E-state index contributed by atoms with van der Waals surface area (Å²) < 4.78 is 45.1. The van der Waals surface area contributed by atoms with E-state index in [2.05, 4.69) is 24.8 Å². The summed E-state index contributed by atoms with van der Waals surface area (Å²) in [6.07, 6.45) is 2.94. The molecule has 0 radical (unpaired) electrons. The van der Waals surface area contributed by atoms with Gasteiger partial charge in [0.1, 0.15) is 5.69 Å². The van der Waals surface area contributed by atoms with Gasteiger partial charge in [0.15, 0.2) is 23.0 Å². The lowest BCUT2D eigenvalue weighted by molar-refractivity contribution is -0.0520. The Morgan fingerprint density at radius 2 is 2.03 bits per heavy atom.